The molecule has 0 aliphatic carbocycles. The van der Waals surface area contributed by atoms with Crippen LogP contribution in [0, 0.1) is 11.3 Å². The average molecular weight is 283 g/mol. The third-order valence-electron chi connectivity index (χ3n) is 2.00. The maximum atomic E-state index is 12.5. The van der Waals surface area contributed by atoms with Gasteiger partial charge in [0, 0.05) is 15.7 Å². The quantitative estimate of drug-likeness (QED) is 0.504. The van der Waals surface area contributed by atoms with Crippen LogP contribution in [0.3, 0.4) is 0 Å². The van der Waals surface area contributed by atoms with Crippen molar-refractivity contribution in [2.45, 2.75) is 11.1 Å². The fourth-order valence-electron chi connectivity index (χ4n) is 1.07. The van der Waals surface area contributed by atoms with Crippen molar-refractivity contribution in [1.29, 1.82) is 5.41 Å². The molecule has 0 fully saturated rings. The van der Waals surface area contributed by atoms with Gasteiger partial charge in [0.1, 0.15) is 11.8 Å². The minimum Gasteiger partial charge on any atom is -0.387 e. The maximum absolute atomic E-state index is 12.5. The van der Waals surface area contributed by atoms with E-state index in [4.69, 9.17) is 22.7 Å². The van der Waals surface area contributed by atoms with Crippen molar-refractivity contribution in [3.05, 3.63) is 29.3 Å². The minimum absolute atomic E-state index is 0.305. The number of rotatable bonds is 4. The monoisotopic (exact) mass is 282 g/mol. The Bertz CT molecular complexity index is 392. The lowest BCUT2D eigenvalue weighted by atomic mass is 10.1. The number of halogens is 4. The van der Waals surface area contributed by atoms with Gasteiger partial charge in [-0.2, -0.15) is 13.2 Å². The topological polar surface area (TPSA) is 49.9 Å². The molecule has 1 rings (SSSR count). The van der Waals surface area contributed by atoms with Crippen LogP contribution in [-0.2, 0) is 0 Å². The van der Waals surface area contributed by atoms with Crippen LogP contribution in [0.25, 0.3) is 0 Å². The molecule has 1 atom stereocenters. The summed E-state index contributed by atoms with van der Waals surface area (Å²) >= 11 is 6.65. The molecule has 0 amide bonds. The lowest BCUT2D eigenvalue weighted by molar-refractivity contribution is -0.149. The Morgan fingerprint density at radius 3 is 2.29 bits per heavy atom. The number of nitrogens with two attached hydrogens (primary N) is 1. The highest BCUT2D eigenvalue weighted by Gasteiger charge is 2.41. The molecule has 0 bridgehead atoms. The molecule has 1 aromatic carbocycles. The molecule has 7 heteroatoms. The first kappa shape index (κ1) is 14.2. The van der Waals surface area contributed by atoms with Crippen molar-refractivity contribution >= 4 is 29.2 Å². The van der Waals surface area contributed by atoms with Crippen molar-refractivity contribution in [1.82, 2.24) is 0 Å². The molecule has 0 aromatic heterocycles. The summed E-state index contributed by atoms with van der Waals surface area (Å²) in [7, 11) is 0. The van der Waals surface area contributed by atoms with Crippen LogP contribution in [0.15, 0.2) is 29.2 Å². The Morgan fingerprint density at radius 1 is 1.35 bits per heavy atom. The molecule has 1 unspecified atom stereocenters. The van der Waals surface area contributed by atoms with Crippen LogP contribution in [0.2, 0.25) is 5.02 Å². The molecule has 3 N–H and O–H groups in total. The van der Waals surface area contributed by atoms with Crippen LogP contribution in [0.1, 0.15) is 0 Å². The predicted octanol–water partition coefficient (Wildman–Crippen LogP) is 3.55. The number of benzene rings is 1. The second-order valence-electron chi connectivity index (χ2n) is 3.31. The Hall–Kier alpha value is -0.880. The molecule has 0 saturated heterocycles. The lowest BCUT2D eigenvalue weighted by Crippen LogP contribution is -2.36. The van der Waals surface area contributed by atoms with E-state index in [-0.39, 0.29) is 5.75 Å². The summed E-state index contributed by atoms with van der Waals surface area (Å²) in [5.41, 5.74) is 4.94. The molecule has 0 aliphatic heterocycles. The van der Waals surface area contributed by atoms with E-state index >= 15 is 0 Å². The zero-order chi connectivity index (χ0) is 13.1. The zero-order valence-corrected chi connectivity index (χ0v) is 10.2. The summed E-state index contributed by atoms with van der Waals surface area (Å²) in [4.78, 5) is 0.657. The fourth-order valence-corrected chi connectivity index (χ4v) is 2.25. The Balaban J connectivity index is 2.65. The van der Waals surface area contributed by atoms with Crippen molar-refractivity contribution < 1.29 is 13.2 Å². The summed E-state index contributed by atoms with van der Waals surface area (Å²) in [5.74, 6) is -3.08. The Labute approximate surface area is 106 Å². The van der Waals surface area contributed by atoms with E-state index < -0.39 is 17.9 Å². The molecule has 0 radical (unpaired) electrons. The molecular formula is C10H10ClF3N2S. The fraction of sp³-hybridized carbons (Fsp3) is 0.300. The predicted molar refractivity (Wildman–Crippen MR) is 63.6 cm³/mol. The summed E-state index contributed by atoms with van der Waals surface area (Å²) < 4.78 is 37.4. The molecule has 0 spiro atoms. The van der Waals surface area contributed by atoms with E-state index in [0.717, 1.165) is 11.8 Å². The maximum Gasteiger partial charge on any atom is 0.399 e. The Kier molecular flexibility index (Phi) is 4.70. The summed E-state index contributed by atoms with van der Waals surface area (Å²) in [5, 5.41) is 7.45. The van der Waals surface area contributed by atoms with Gasteiger partial charge in [0.25, 0.3) is 0 Å². The molecule has 17 heavy (non-hydrogen) atoms. The zero-order valence-electron chi connectivity index (χ0n) is 8.59. The second kappa shape index (κ2) is 5.64. The number of alkyl halides is 3. The van der Waals surface area contributed by atoms with E-state index in [1.165, 1.54) is 0 Å². The summed E-state index contributed by atoms with van der Waals surface area (Å²) in [6.45, 7) is 0. The number of hydrogen-bond donors (Lipinski definition) is 2. The van der Waals surface area contributed by atoms with Crippen LogP contribution >= 0.6 is 23.4 Å². The van der Waals surface area contributed by atoms with Crippen LogP contribution in [0.4, 0.5) is 13.2 Å². The van der Waals surface area contributed by atoms with Crippen LogP contribution in [-0.4, -0.2) is 17.8 Å². The van der Waals surface area contributed by atoms with E-state index in [0.29, 0.717) is 9.92 Å². The van der Waals surface area contributed by atoms with Gasteiger partial charge in [-0.15, -0.1) is 11.8 Å². The molecule has 0 aliphatic rings. The highest BCUT2D eigenvalue weighted by atomic mass is 35.5. The second-order valence-corrected chi connectivity index (χ2v) is 4.84. The SMILES string of the molecule is N=C(N)C(CSc1ccc(Cl)cc1)C(F)(F)F. The first-order chi connectivity index (χ1) is 7.80. The average Bonchev–Trinajstić information content (AvgIpc) is 2.18. The standard InChI is InChI=1S/C10H10ClF3N2S/c11-6-1-3-7(4-2-6)17-5-8(9(15)16)10(12,13)14/h1-4,8H,5H2,(H3,15,16). The highest BCUT2D eigenvalue weighted by molar-refractivity contribution is 7.99. The van der Waals surface area contributed by atoms with Crippen molar-refractivity contribution in [2.24, 2.45) is 11.7 Å². The van der Waals surface area contributed by atoms with Gasteiger partial charge in [0.2, 0.25) is 0 Å². The van der Waals surface area contributed by atoms with Gasteiger partial charge in [0.15, 0.2) is 0 Å². The van der Waals surface area contributed by atoms with Gasteiger partial charge in [-0.05, 0) is 24.3 Å². The molecule has 2 nitrogen and oxygen atoms in total. The van der Waals surface area contributed by atoms with E-state index in [2.05, 4.69) is 0 Å². The molecule has 94 valence electrons. The highest BCUT2D eigenvalue weighted by Crippen LogP contribution is 2.31. The third-order valence-corrected chi connectivity index (χ3v) is 3.36. The summed E-state index contributed by atoms with van der Waals surface area (Å²) in [6, 6.07) is 6.45. The normalized spacial score (nSPS) is 13.4. The van der Waals surface area contributed by atoms with Gasteiger partial charge in [-0.25, -0.2) is 0 Å². The third kappa shape index (κ3) is 4.47. The van der Waals surface area contributed by atoms with Crippen molar-refractivity contribution in [3.63, 3.8) is 0 Å². The van der Waals surface area contributed by atoms with Gasteiger partial charge in [-0.1, -0.05) is 11.6 Å². The van der Waals surface area contributed by atoms with Gasteiger partial charge in [0.05, 0.1) is 0 Å². The molecule has 1 aromatic rings. The number of hydrogen-bond acceptors (Lipinski definition) is 2. The number of nitrogens with one attached hydrogen (secondary N) is 1. The largest absolute Gasteiger partial charge is 0.399 e. The van der Waals surface area contributed by atoms with E-state index in [1.54, 1.807) is 24.3 Å². The molecular weight excluding hydrogens is 273 g/mol. The Morgan fingerprint density at radius 2 is 1.88 bits per heavy atom. The minimum atomic E-state index is -4.48. The first-order valence-electron chi connectivity index (χ1n) is 4.59. The lowest BCUT2D eigenvalue weighted by Gasteiger charge is -2.18. The van der Waals surface area contributed by atoms with Crippen molar-refractivity contribution in [2.75, 3.05) is 5.75 Å². The first-order valence-corrected chi connectivity index (χ1v) is 5.96. The van der Waals surface area contributed by atoms with Crippen LogP contribution < -0.4 is 5.73 Å². The van der Waals surface area contributed by atoms with Crippen molar-refractivity contribution in [3.8, 4) is 0 Å². The van der Waals surface area contributed by atoms with Gasteiger partial charge >= 0.3 is 6.18 Å². The molecule has 0 saturated carbocycles. The number of thioether (sulfide) groups is 1. The van der Waals surface area contributed by atoms with Crippen LogP contribution in [0.5, 0.6) is 0 Å². The van der Waals surface area contributed by atoms with E-state index in [9.17, 15) is 13.2 Å². The van der Waals surface area contributed by atoms with Gasteiger partial charge in [-0.3, -0.25) is 5.41 Å². The summed E-state index contributed by atoms with van der Waals surface area (Å²) in [6.07, 6.45) is -4.48. The smallest absolute Gasteiger partial charge is 0.387 e. The van der Waals surface area contributed by atoms with Gasteiger partial charge < -0.3 is 5.73 Å². The number of amidine groups is 1. The molecule has 0 heterocycles. The van der Waals surface area contributed by atoms with E-state index in [1.807, 2.05) is 0 Å².